The Balaban J connectivity index is 1.38. The van der Waals surface area contributed by atoms with Crippen molar-refractivity contribution in [2.24, 2.45) is 0 Å². The van der Waals surface area contributed by atoms with Gasteiger partial charge in [0.25, 0.3) is 0 Å². The van der Waals surface area contributed by atoms with Gasteiger partial charge in [-0.15, -0.1) is 0 Å². The molecule has 1 aliphatic heterocycles. The van der Waals surface area contributed by atoms with Gasteiger partial charge in [0.2, 0.25) is 0 Å². The first-order valence-electron chi connectivity index (χ1n) is 12.2. The average Bonchev–Trinajstić information content (AvgIpc) is 3.23. The third-order valence-corrected chi connectivity index (χ3v) is 6.71. The van der Waals surface area contributed by atoms with Gasteiger partial charge in [-0.2, -0.15) is 0 Å². The zero-order valence-electron chi connectivity index (χ0n) is 19.5. The SMILES string of the molecule is CCCCC(Oc1cccc(N2CCN(CCCc3ccccc3)C2=S)c1)c1ccccc1. The summed E-state index contributed by atoms with van der Waals surface area (Å²) in [4.78, 5) is 4.58. The van der Waals surface area contributed by atoms with Crippen LogP contribution in [0.4, 0.5) is 5.69 Å². The van der Waals surface area contributed by atoms with E-state index in [4.69, 9.17) is 17.0 Å². The van der Waals surface area contributed by atoms with Crippen molar-refractivity contribution >= 4 is 23.0 Å². The number of nitrogens with zero attached hydrogens (tertiary/aromatic N) is 2. The van der Waals surface area contributed by atoms with E-state index in [2.05, 4.69) is 102 Å². The van der Waals surface area contributed by atoms with Crippen molar-refractivity contribution in [1.29, 1.82) is 0 Å². The molecule has 0 N–H and O–H groups in total. The van der Waals surface area contributed by atoms with Crippen LogP contribution in [0.3, 0.4) is 0 Å². The predicted molar refractivity (Wildman–Crippen MR) is 142 cm³/mol. The first kappa shape index (κ1) is 23.3. The number of hydrogen-bond donors (Lipinski definition) is 0. The van der Waals surface area contributed by atoms with Crippen LogP contribution >= 0.6 is 12.2 Å². The topological polar surface area (TPSA) is 15.7 Å². The number of anilines is 1. The van der Waals surface area contributed by atoms with Crippen LogP contribution < -0.4 is 9.64 Å². The molecule has 1 saturated heterocycles. The predicted octanol–water partition coefficient (Wildman–Crippen LogP) is 7.04. The standard InChI is InChI=1S/C29H34N2OS/c1-2-3-19-28(25-15-8-5-9-16-25)32-27-18-10-17-26(23-27)31-22-21-30(29(31)33)20-11-14-24-12-6-4-7-13-24/h4-10,12-13,15-18,23,28H,2-3,11,14,19-22H2,1H3. The van der Waals surface area contributed by atoms with E-state index in [1.54, 1.807) is 0 Å². The quantitative estimate of drug-likeness (QED) is 0.286. The molecule has 3 aromatic rings. The molecular formula is C29H34N2OS. The van der Waals surface area contributed by atoms with Crippen LogP contribution in [0.15, 0.2) is 84.9 Å². The molecule has 0 aromatic heterocycles. The van der Waals surface area contributed by atoms with Crippen molar-refractivity contribution in [1.82, 2.24) is 4.90 Å². The fourth-order valence-electron chi connectivity index (χ4n) is 4.39. The van der Waals surface area contributed by atoms with E-state index in [9.17, 15) is 0 Å². The number of hydrogen-bond acceptors (Lipinski definition) is 2. The van der Waals surface area contributed by atoms with Gasteiger partial charge in [0.05, 0.1) is 0 Å². The monoisotopic (exact) mass is 458 g/mol. The second kappa shape index (κ2) is 11.9. The van der Waals surface area contributed by atoms with Crippen LogP contribution in [-0.2, 0) is 6.42 Å². The molecule has 0 spiro atoms. The van der Waals surface area contributed by atoms with Crippen molar-refractivity contribution in [3.05, 3.63) is 96.1 Å². The molecule has 0 bridgehead atoms. The van der Waals surface area contributed by atoms with E-state index in [0.29, 0.717) is 0 Å². The van der Waals surface area contributed by atoms with E-state index >= 15 is 0 Å². The normalized spacial score (nSPS) is 14.5. The molecule has 4 heteroatoms. The zero-order valence-corrected chi connectivity index (χ0v) is 20.3. The van der Waals surface area contributed by atoms with Gasteiger partial charge in [0, 0.05) is 31.4 Å². The Labute approximate surface area is 204 Å². The second-order valence-electron chi connectivity index (χ2n) is 8.67. The Bertz CT molecular complexity index is 1010. The Morgan fingerprint density at radius 3 is 2.39 bits per heavy atom. The minimum absolute atomic E-state index is 0.0708. The summed E-state index contributed by atoms with van der Waals surface area (Å²) in [7, 11) is 0. The Hall–Kier alpha value is -2.85. The van der Waals surface area contributed by atoms with E-state index in [0.717, 1.165) is 68.3 Å². The number of benzene rings is 3. The largest absolute Gasteiger partial charge is 0.486 e. The van der Waals surface area contributed by atoms with Crippen LogP contribution in [0, 0.1) is 0 Å². The lowest BCUT2D eigenvalue weighted by atomic mass is 10.0. The van der Waals surface area contributed by atoms with E-state index < -0.39 is 0 Å². The number of rotatable bonds is 11. The van der Waals surface area contributed by atoms with Crippen LogP contribution in [0.2, 0.25) is 0 Å². The molecule has 3 nitrogen and oxygen atoms in total. The first-order valence-corrected chi connectivity index (χ1v) is 12.6. The van der Waals surface area contributed by atoms with E-state index in [1.165, 1.54) is 11.1 Å². The molecule has 3 aromatic carbocycles. The number of thiocarbonyl (C=S) groups is 1. The Morgan fingerprint density at radius 2 is 1.64 bits per heavy atom. The van der Waals surface area contributed by atoms with E-state index in [1.807, 2.05) is 0 Å². The zero-order chi connectivity index (χ0) is 22.9. The van der Waals surface area contributed by atoms with Gasteiger partial charge < -0.3 is 14.5 Å². The lowest BCUT2D eigenvalue weighted by Crippen LogP contribution is -2.32. The minimum atomic E-state index is 0.0708. The first-order chi connectivity index (χ1) is 16.2. The summed E-state index contributed by atoms with van der Waals surface area (Å²) >= 11 is 5.85. The number of ether oxygens (including phenoxy) is 1. The lowest BCUT2D eigenvalue weighted by Gasteiger charge is -2.24. The van der Waals surface area contributed by atoms with Gasteiger partial charge >= 0.3 is 0 Å². The van der Waals surface area contributed by atoms with Gasteiger partial charge in [-0.25, -0.2) is 0 Å². The van der Waals surface area contributed by atoms with Crippen molar-refractivity contribution in [2.75, 3.05) is 24.5 Å². The van der Waals surface area contributed by atoms with Crippen molar-refractivity contribution in [3.8, 4) is 5.75 Å². The van der Waals surface area contributed by atoms with Gasteiger partial charge in [-0.1, -0.05) is 80.1 Å². The number of unbranched alkanes of at least 4 members (excludes halogenated alkanes) is 1. The van der Waals surface area contributed by atoms with Gasteiger partial charge in [-0.3, -0.25) is 0 Å². The van der Waals surface area contributed by atoms with Gasteiger partial charge in [0.15, 0.2) is 5.11 Å². The van der Waals surface area contributed by atoms with Gasteiger partial charge in [0.1, 0.15) is 11.9 Å². The minimum Gasteiger partial charge on any atom is -0.486 e. The fraction of sp³-hybridized carbons (Fsp3) is 0.345. The molecule has 4 rings (SSSR count). The second-order valence-corrected chi connectivity index (χ2v) is 9.03. The Kier molecular flexibility index (Phi) is 8.37. The maximum atomic E-state index is 6.50. The van der Waals surface area contributed by atoms with Gasteiger partial charge in [-0.05, 0) is 61.2 Å². The maximum Gasteiger partial charge on any atom is 0.176 e. The molecule has 0 radical (unpaired) electrons. The molecule has 1 fully saturated rings. The summed E-state index contributed by atoms with van der Waals surface area (Å²) in [6.45, 7) is 5.11. The summed E-state index contributed by atoms with van der Waals surface area (Å²) in [6, 6.07) is 29.6. The highest BCUT2D eigenvalue weighted by Crippen LogP contribution is 2.30. The van der Waals surface area contributed by atoms with Crippen LogP contribution in [-0.4, -0.2) is 29.6 Å². The molecule has 33 heavy (non-hydrogen) atoms. The highest BCUT2D eigenvalue weighted by molar-refractivity contribution is 7.80. The molecule has 1 unspecified atom stereocenters. The van der Waals surface area contributed by atoms with Crippen molar-refractivity contribution in [3.63, 3.8) is 0 Å². The highest BCUT2D eigenvalue weighted by Gasteiger charge is 2.26. The maximum absolute atomic E-state index is 6.50. The summed E-state index contributed by atoms with van der Waals surface area (Å²) in [5, 5.41) is 0.922. The van der Waals surface area contributed by atoms with Crippen molar-refractivity contribution in [2.45, 2.75) is 45.1 Å². The molecular weight excluding hydrogens is 424 g/mol. The summed E-state index contributed by atoms with van der Waals surface area (Å²) in [5.41, 5.74) is 3.74. The molecule has 1 heterocycles. The molecule has 1 atom stereocenters. The molecule has 0 saturated carbocycles. The van der Waals surface area contributed by atoms with Crippen LogP contribution in [0.5, 0.6) is 5.75 Å². The molecule has 172 valence electrons. The van der Waals surface area contributed by atoms with E-state index in [-0.39, 0.29) is 6.10 Å². The average molecular weight is 459 g/mol. The smallest absolute Gasteiger partial charge is 0.176 e. The third kappa shape index (κ3) is 6.35. The summed E-state index contributed by atoms with van der Waals surface area (Å²) < 4.78 is 6.50. The molecule has 0 aliphatic carbocycles. The molecule has 0 amide bonds. The van der Waals surface area contributed by atoms with Crippen LogP contribution in [0.25, 0.3) is 0 Å². The lowest BCUT2D eigenvalue weighted by molar-refractivity contribution is 0.191. The Morgan fingerprint density at radius 1 is 0.879 bits per heavy atom. The summed E-state index contributed by atoms with van der Waals surface area (Å²) in [6.07, 6.45) is 5.59. The third-order valence-electron chi connectivity index (χ3n) is 6.23. The molecule has 1 aliphatic rings. The summed E-state index contributed by atoms with van der Waals surface area (Å²) in [5.74, 6) is 0.905. The highest BCUT2D eigenvalue weighted by atomic mass is 32.1. The van der Waals surface area contributed by atoms with Crippen LogP contribution in [0.1, 0.15) is 49.8 Å². The fourth-order valence-corrected chi connectivity index (χ4v) is 4.77. The number of aryl methyl sites for hydroxylation is 1. The van der Waals surface area contributed by atoms with Crippen molar-refractivity contribution < 1.29 is 4.74 Å².